The summed E-state index contributed by atoms with van der Waals surface area (Å²) in [5.74, 6) is -2.35. The van der Waals surface area contributed by atoms with Gasteiger partial charge in [0, 0.05) is 4.75 Å². The van der Waals surface area contributed by atoms with Crippen molar-refractivity contribution in [3.63, 3.8) is 0 Å². The molecule has 6 nitrogen and oxygen atoms in total. The third kappa shape index (κ3) is 3.24. The molecule has 0 spiro atoms. The molecule has 2 rings (SSSR count). The Balaban J connectivity index is 2.22. The summed E-state index contributed by atoms with van der Waals surface area (Å²) < 4.78 is 4.34. The number of nitrogens with zero attached hydrogens (tertiary/aromatic N) is 1. The summed E-state index contributed by atoms with van der Waals surface area (Å²) in [7, 11) is 0. The number of carbonyl (C=O) groups excluding carboxylic acids is 4. The Kier molecular flexibility index (Phi) is 4.89. The van der Waals surface area contributed by atoms with Gasteiger partial charge >= 0.3 is 11.9 Å². The maximum atomic E-state index is 12.5. The third-order valence-corrected chi connectivity index (χ3v) is 5.63. The lowest BCUT2D eigenvalue weighted by atomic mass is 9.94. The molecule has 2 atom stereocenters. The summed E-state index contributed by atoms with van der Waals surface area (Å²) in [6.07, 6.45) is 1.23. The van der Waals surface area contributed by atoms with Crippen LogP contribution < -0.4 is 0 Å². The Bertz CT molecular complexity index is 649. The van der Waals surface area contributed by atoms with Crippen LogP contribution in [0.2, 0.25) is 0 Å². The molecule has 0 unspecified atom stereocenters. The van der Waals surface area contributed by atoms with Crippen molar-refractivity contribution in [3.05, 3.63) is 11.6 Å². The molecule has 0 aromatic carbocycles. The summed E-state index contributed by atoms with van der Waals surface area (Å²) >= 11 is 6.85. The van der Waals surface area contributed by atoms with E-state index in [1.165, 1.54) is 22.7 Å². The average Bonchev–Trinajstić information content (AvgIpc) is 2.71. The van der Waals surface area contributed by atoms with E-state index in [1.807, 2.05) is 0 Å². The van der Waals surface area contributed by atoms with E-state index >= 15 is 0 Å². The Labute approximate surface area is 149 Å². The summed E-state index contributed by atoms with van der Waals surface area (Å²) in [5.41, 5.74) is -0.488. The lowest BCUT2D eigenvalue weighted by Gasteiger charge is -2.39. The molecule has 0 N–H and O–H groups in total. The van der Waals surface area contributed by atoms with Gasteiger partial charge in [0.15, 0.2) is 5.78 Å². The topological polar surface area (TPSA) is 80.8 Å². The first kappa shape index (κ1) is 19.0. The number of rotatable bonds is 3. The predicted molar refractivity (Wildman–Crippen MR) is 90.5 cm³/mol. The van der Waals surface area contributed by atoms with Gasteiger partial charge in [-0.2, -0.15) is 0 Å². The molecule has 8 heteroatoms. The van der Waals surface area contributed by atoms with E-state index in [-0.39, 0.29) is 11.7 Å². The number of β-lactam (4-membered cyclic amide) rings is 1. The van der Waals surface area contributed by atoms with Crippen molar-refractivity contribution in [2.75, 3.05) is 5.88 Å². The molecule has 2 aliphatic rings. The number of halogens is 1. The van der Waals surface area contributed by atoms with Gasteiger partial charge in [0.25, 0.3) is 5.91 Å². The maximum Gasteiger partial charge on any atom is 0.338 e. The Morgan fingerprint density at radius 1 is 1.33 bits per heavy atom. The molecule has 24 heavy (non-hydrogen) atoms. The Morgan fingerprint density at radius 3 is 2.42 bits per heavy atom. The SMILES string of the molecule is CC(C)(C)C(=O)OC(=O)[C@@H]1N2C(=O)C(=CC(=O)CCl)[C@H]2SC1(C)C. The highest BCUT2D eigenvalue weighted by atomic mass is 35.5. The summed E-state index contributed by atoms with van der Waals surface area (Å²) in [5, 5.41) is -0.401. The second-order valence-corrected chi connectivity index (χ2v) is 9.35. The molecular formula is C16H20ClNO5S. The van der Waals surface area contributed by atoms with Crippen LogP contribution in [0.4, 0.5) is 0 Å². The number of ether oxygens (including phenoxy) is 1. The summed E-state index contributed by atoms with van der Waals surface area (Å²) in [4.78, 5) is 49.6. The number of allylic oxidation sites excluding steroid dienone is 1. The van der Waals surface area contributed by atoms with Crippen LogP contribution in [0.15, 0.2) is 11.6 Å². The maximum absolute atomic E-state index is 12.5. The summed E-state index contributed by atoms with van der Waals surface area (Å²) in [6.45, 7) is 8.55. The third-order valence-electron chi connectivity index (χ3n) is 3.83. The first-order valence-corrected chi connectivity index (χ1v) is 8.88. The van der Waals surface area contributed by atoms with Crippen molar-refractivity contribution in [3.8, 4) is 0 Å². The van der Waals surface area contributed by atoms with Crippen LogP contribution in [0.1, 0.15) is 34.6 Å². The smallest absolute Gasteiger partial charge is 0.338 e. The summed E-state index contributed by atoms with van der Waals surface area (Å²) in [6, 6.07) is -0.880. The van der Waals surface area contributed by atoms with E-state index < -0.39 is 39.4 Å². The van der Waals surface area contributed by atoms with Crippen molar-refractivity contribution in [2.45, 2.75) is 50.8 Å². The molecule has 0 aliphatic carbocycles. The van der Waals surface area contributed by atoms with Gasteiger partial charge in [-0.05, 0) is 40.7 Å². The molecule has 0 bridgehead atoms. The highest BCUT2D eigenvalue weighted by Crippen LogP contribution is 2.53. The van der Waals surface area contributed by atoms with Gasteiger partial charge in [-0.1, -0.05) is 0 Å². The molecule has 2 fully saturated rings. The van der Waals surface area contributed by atoms with Crippen LogP contribution in [-0.2, 0) is 23.9 Å². The molecule has 0 aromatic heterocycles. The van der Waals surface area contributed by atoms with Crippen LogP contribution in [0.25, 0.3) is 0 Å². The van der Waals surface area contributed by atoms with Gasteiger partial charge in [0.2, 0.25) is 0 Å². The van der Waals surface area contributed by atoms with E-state index in [9.17, 15) is 19.2 Å². The standard InChI is InChI=1S/C16H20ClNO5S/c1-15(2,3)14(22)23-13(21)10-16(4,5)24-12-9(6-8(19)7-17)11(20)18(10)12/h6,10,12H,7H2,1-5H3/t10-,12+/m0/s1. The van der Waals surface area contributed by atoms with Crippen molar-refractivity contribution in [2.24, 2.45) is 5.41 Å². The fraction of sp³-hybridized carbons (Fsp3) is 0.625. The molecule has 1 amide bonds. The lowest BCUT2D eigenvalue weighted by Crippen LogP contribution is -2.59. The van der Waals surface area contributed by atoms with Gasteiger partial charge in [-0.25, -0.2) is 4.79 Å². The van der Waals surface area contributed by atoms with Gasteiger partial charge in [0.1, 0.15) is 11.4 Å². The van der Waals surface area contributed by atoms with Crippen molar-refractivity contribution in [1.29, 1.82) is 0 Å². The molecule has 2 aliphatic heterocycles. The van der Waals surface area contributed by atoms with E-state index in [0.29, 0.717) is 5.57 Å². The largest absolute Gasteiger partial charge is 0.391 e. The number of hydrogen-bond donors (Lipinski definition) is 0. The van der Waals surface area contributed by atoms with Gasteiger partial charge in [0.05, 0.1) is 16.9 Å². The Hall–Kier alpha value is -1.34. The minimum atomic E-state index is -0.880. The minimum absolute atomic E-state index is 0.205. The van der Waals surface area contributed by atoms with Gasteiger partial charge in [-0.15, -0.1) is 23.4 Å². The van der Waals surface area contributed by atoms with Crippen LogP contribution in [0.5, 0.6) is 0 Å². The first-order chi connectivity index (χ1) is 10.9. The number of amides is 1. The minimum Gasteiger partial charge on any atom is -0.391 e. The fourth-order valence-corrected chi connectivity index (χ4v) is 4.17. The molecule has 0 saturated carbocycles. The molecule has 0 radical (unpaired) electrons. The predicted octanol–water partition coefficient (Wildman–Crippen LogP) is 1.90. The molecule has 132 valence electrons. The second-order valence-electron chi connectivity index (χ2n) is 7.35. The number of hydrogen-bond acceptors (Lipinski definition) is 6. The molecule has 0 aromatic rings. The zero-order valence-corrected chi connectivity index (χ0v) is 15.8. The first-order valence-electron chi connectivity index (χ1n) is 7.47. The number of alkyl halides is 1. The van der Waals surface area contributed by atoms with E-state index in [2.05, 4.69) is 0 Å². The Morgan fingerprint density at radius 2 is 1.92 bits per heavy atom. The molecular weight excluding hydrogens is 354 g/mol. The zero-order valence-electron chi connectivity index (χ0n) is 14.2. The number of fused-ring (bicyclic) bond motifs is 1. The van der Waals surface area contributed by atoms with E-state index in [1.54, 1.807) is 34.6 Å². The van der Waals surface area contributed by atoms with Crippen molar-refractivity contribution >= 4 is 47.0 Å². The van der Waals surface area contributed by atoms with Gasteiger partial charge in [-0.3, -0.25) is 14.4 Å². The number of thioether (sulfide) groups is 1. The van der Waals surface area contributed by atoms with Crippen molar-refractivity contribution in [1.82, 2.24) is 4.90 Å². The van der Waals surface area contributed by atoms with Crippen LogP contribution in [0.3, 0.4) is 0 Å². The highest BCUT2D eigenvalue weighted by Gasteiger charge is 2.62. The lowest BCUT2D eigenvalue weighted by molar-refractivity contribution is -0.171. The van der Waals surface area contributed by atoms with Crippen LogP contribution >= 0.6 is 23.4 Å². The molecule has 2 heterocycles. The monoisotopic (exact) mass is 373 g/mol. The quantitative estimate of drug-likeness (QED) is 0.247. The number of ketones is 1. The second kappa shape index (κ2) is 6.19. The van der Waals surface area contributed by atoms with Crippen LogP contribution in [-0.4, -0.2) is 50.6 Å². The molecule has 2 saturated heterocycles. The van der Waals surface area contributed by atoms with Gasteiger partial charge < -0.3 is 9.64 Å². The number of esters is 2. The van der Waals surface area contributed by atoms with Crippen LogP contribution in [0, 0.1) is 5.41 Å². The number of carbonyl (C=O) groups is 4. The fourth-order valence-electron chi connectivity index (χ4n) is 2.55. The van der Waals surface area contributed by atoms with E-state index in [0.717, 1.165) is 0 Å². The normalized spacial score (nSPS) is 26.8. The highest BCUT2D eigenvalue weighted by molar-refractivity contribution is 8.01. The average molecular weight is 374 g/mol. The van der Waals surface area contributed by atoms with E-state index in [4.69, 9.17) is 16.3 Å². The van der Waals surface area contributed by atoms with Crippen molar-refractivity contribution < 1.29 is 23.9 Å². The zero-order chi connectivity index (χ0) is 18.4.